The van der Waals surface area contributed by atoms with Crippen LogP contribution >= 0.6 is 11.3 Å². The third kappa shape index (κ3) is 4.21. The summed E-state index contributed by atoms with van der Waals surface area (Å²) in [6.45, 7) is 19.1. The molecule has 2 aliphatic carbocycles. The topological polar surface area (TPSA) is 18.5 Å². The quantitative estimate of drug-likeness (QED) is 0.171. The van der Waals surface area contributed by atoms with Crippen molar-refractivity contribution >= 4 is 43.8 Å². The van der Waals surface area contributed by atoms with Crippen molar-refractivity contribution in [2.75, 3.05) is 0 Å². The van der Waals surface area contributed by atoms with Crippen LogP contribution in [0.3, 0.4) is 0 Å². The molecular weight excluding hydrogens is 627 g/mol. The van der Waals surface area contributed by atoms with Crippen LogP contribution < -0.4 is 25.2 Å². The summed E-state index contributed by atoms with van der Waals surface area (Å²) in [5.41, 5.74) is 13.9. The molecule has 0 atom stereocenters. The fourth-order valence-electron chi connectivity index (χ4n) is 10.6. The van der Waals surface area contributed by atoms with Crippen molar-refractivity contribution in [1.29, 1.82) is 0 Å². The van der Waals surface area contributed by atoms with E-state index < -0.39 is 0 Å². The van der Waals surface area contributed by atoms with Crippen LogP contribution in [0.4, 0.5) is 0 Å². The number of benzene rings is 5. The van der Waals surface area contributed by atoms with Crippen LogP contribution in [-0.2, 0) is 21.7 Å². The van der Waals surface area contributed by atoms with E-state index in [4.69, 9.17) is 9.47 Å². The van der Waals surface area contributed by atoms with Crippen LogP contribution in [-0.4, -0.2) is 6.71 Å². The lowest BCUT2D eigenvalue weighted by atomic mass is 9.37. The van der Waals surface area contributed by atoms with Gasteiger partial charge in [0.15, 0.2) is 0 Å². The zero-order valence-corrected chi connectivity index (χ0v) is 31.2. The molecule has 0 spiro atoms. The first-order chi connectivity index (χ1) is 23.7. The van der Waals surface area contributed by atoms with E-state index in [-0.39, 0.29) is 28.4 Å². The molecule has 2 aliphatic heterocycles. The Morgan fingerprint density at radius 3 is 1.68 bits per heavy atom. The first-order valence-corrected chi connectivity index (χ1v) is 19.0. The Hall–Kier alpha value is -4.28. The molecule has 0 amide bonds. The Morgan fingerprint density at radius 2 is 1.04 bits per heavy atom. The summed E-state index contributed by atoms with van der Waals surface area (Å²) in [7, 11) is 0. The van der Waals surface area contributed by atoms with Gasteiger partial charge in [-0.25, -0.2) is 0 Å². The Morgan fingerprint density at radius 1 is 0.520 bits per heavy atom. The normalized spacial score (nSPS) is 19.2. The second kappa shape index (κ2) is 9.73. The Balaban J connectivity index is 1.08. The molecule has 0 radical (unpaired) electrons. The molecule has 5 aromatic carbocycles. The number of hydrogen-bond donors (Lipinski definition) is 0. The molecule has 0 unspecified atom stereocenters. The van der Waals surface area contributed by atoms with E-state index in [1.54, 1.807) is 0 Å². The summed E-state index contributed by atoms with van der Waals surface area (Å²) in [5, 5.41) is 1.19. The molecule has 0 saturated heterocycles. The summed E-state index contributed by atoms with van der Waals surface area (Å²) < 4.78 is 16.0. The zero-order valence-electron chi connectivity index (χ0n) is 30.4. The summed E-state index contributed by atoms with van der Waals surface area (Å²) in [6, 6.07) is 34.3. The molecule has 1 aromatic heterocycles. The molecule has 3 heterocycles. The molecule has 6 aromatic rings. The van der Waals surface area contributed by atoms with Crippen LogP contribution in [0.5, 0.6) is 23.0 Å². The van der Waals surface area contributed by atoms with Gasteiger partial charge in [0.2, 0.25) is 0 Å². The molecule has 10 rings (SSSR count). The van der Waals surface area contributed by atoms with Crippen molar-refractivity contribution in [3.05, 3.63) is 113 Å². The van der Waals surface area contributed by atoms with Gasteiger partial charge in [-0.1, -0.05) is 116 Å². The monoisotopic (exact) mass is 670 g/mol. The van der Waals surface area contributed by atoms with E-state index in [1.165, 1.54) is 71.3 Å². The SMILES string of the molecule is CC1(C)CC(C)(C)c2cc(-c3ccc4c(c3)Oc3cccc5c3B4c3sc4ccc(-c6ccc7c(c6)C(C)(C)CC7(C)C)cc4c3O5)ccc21. The largest absolute Gasteiger partial charge is 0.458 e. The summed E-state index contributed by atoms with van der Waals surface area (Å²) in [6.07, 6.45) is 2.33. The maximum atomic E-state index is 6.82. The van der Waals surface area contributed by atoms with Crippen molar-refractivity contribution < 1.29 is 9.47 Å². The highest BCUT2D eigenvalue weighted by Crippen LogP contribution is 2.52. The van der Waals surface area contributed by atoms with E-state index in [0.717, 1.165) is 34.9 Å². The molecule has 0 saturated carbocycles. The lowest BCUT2D eigenvalue weighted by Crippen LogP contribution is -2.56. The molecule has 0 fully saturated rings. The zero-order chi connectivity index (χ0) is 34.5. The lowest BCUT2D eigenvalue weighted by Gasteiger charge is -2.31. The van der Waals surface area contributed by atoms with Gasteiger partial charge in [-0.2, -0.15) is 0 Å². The van der Waals surface area contributed by atoms with Gasteiger partial charge in [0.05, 0.1) is 0 Å². The van der Waals surface area contributed by atoms with Gasteiger partial charge in [-0.15, -0.1) is 11.3 Å². The number of rotatable bonds is 2. The standard InChI is InChI=1S/C46H43BO2S/c1-43(2)24-45(5,6)33-21-27(12-16-31(33)43)26-15-19-39-30(20-26)41-42(50-39)47-35-18-14-29(23-38(35)48-36-10-9-11-37(49-41)40(36)47)28-13-17-32-34(22-28)46(7,8)25-44(32,3)4/h9-23H,24-25H2,1-8H3. The van der Waals surface area contributed by atoms with Crippen LogP contribution in [0.1, 0.15) is 90.5 Å². The fourth-order valence-corrected chi connectivity index (χ4v) is 11.8. The van der Waals surface area contributed by atoms with Gasteiger partial charge in [-0.05, 0) is 115 Å². The average Bonchev–Trinajstić information content (AvgIpc) is 3.59. The predicted molar refractivity (Wildman–Crippen MR) is 212 cm³/mol. The molecule has 4 heteroatoms. The molecule has 0 bridgehead atoms. The maximum Gasteiger partial charge on any atom is 0.273 e. The second-order valence-electron chi connectivity index (χ2n) is 18.0. The minimum absolute atomic E-state index is 0.0615. The Bertz CT molecular complexity index is 2460. The van der Waals surface area contributed by atoms with Crippen molar-refractivity contribution in [3.8, 4) is 45.3 Å². The number of fused-ring (bicyclic) bond motifs is 8. The second-order valence-corrected chi connectivity index (χ2v) is 19.1. The number of thiophene rings is 1. The average molecular weight is 671 g/mol. The van der Waals surface area contributed by atoms with Gasteiger partial charge in [0.1, 0.15) is 23.0 Å². The van der Waals surface area contributed by atoms with Crippen LogP contribution in [0.25, 0.3) is 32.3 Å². The van der Waals surface area contributed by atoms with E-state index >= 15 is 0 Å². The lowest BCUT2D eigenvalue weighted by molar-refractivity contribution is 0.402. The van der Waals surface area contributed by atoms with Crippen LogP contribution in [0, 0.1) is 0 Å². The minimum atomic E-state index is 0.0615. The van der Waals surface area contributed by atoms with E-state index in [2.05, 4.69) is 146 Å². The molecule has 0 N–H and O–H groups in total. The fraction of sp³-hybridized carbons (Fsp3) is 0.304. The Labute approximate surface area is 300 Å². The van der Waals surface area contributed by atoms with E-state index in [1.807, 2.05) is 11.3 Å². The highest BCUT2D eigenvalue weighted by molar-refractivity contribution is 7.33. The summed E-state index contributed by atoms with van der Waals surface area (Å²) in [5.74, 6) is 3.71. The highest BCUT2D eigenvalue weighted by atomic mass is 32.1. The first kappa shape index (κ1) is 30.5. The minimum Gasteiger partial charge on any atom is -0.458 e. The predicted octanol–water partition coefficient (Wildman–Crippen LogP) is 10.9. The van der Waals surface area contributed by atoms with Gasteiger partial charge in [-0.3, -0.25) is 0 Å². The highest BCUT2D eigenvalue weighted by Gasteiger charge is 2.44. The summed E-state index contributed by atoms with van der Waals surface area (Å²) in [4.78, 5) is 0. The van der Waals surface area contributed by atoms with Crippen LogP contribution in [0.2, 0.25) is 0 Å². The van der Waals surface area contributed by atoms with Crippen molar-refractivity contribution in [2.24, 2.45) is 0 Å². The van der Waals surface area contributed by atoms with Crippen molar-refractivity contribution in [3.63, 3.8) is 0 Å². The molecule has 248 valence electrons. The van der Waals surface area contributed by atoms with Crippen molar-refractivity contribution in [2.45, 2.75) is 89.9 Å². The Kier molecular flexibility index (Phi) is 5.95. The number of hydrogen-bond acceptors (Lipinski definition) is 3. The van der Waals surface area contributed by atoms with Crippen LogP contribution in [0.15, 0.2) is 91.0 Å². The third-order valence-corrected chi connectivity index (χ3v) is 13.6. The van der Waals surface area contributed by atoms with Gasteiger partial charge in [0, 0.05) is 20.3 Å². The smallest absolute Gasteiger partial charge is 0.273 e. The molecule has 2 nitrogen and oxygen atoms in total. The van der Waals surface area contributed by atoms with Crippen molar-refractivity contribution in [1.82, 2.24) is 0 Å². The summed E-state index contributed by atoms with van der Waals surface area (Å²) >= 11 is 1.86. The van der Waals surface area contributed by atoms with Gasteiger partial charge < -0.3 is 9.47 Å². The van der Waals surface area contributed by atoms with E-state index in [0.29, 0.717) is 0 Å². The van der Waals surface area contributed by atoms with Gasteiger partial charge >= 0.3 is 0 Å². The first-order valence-electron chi connectivity index (χ1n) is 18.2. The van der Waals surface area contributed by atoms with Gasteiger partial charge in [0.25, 0.3) is 6.71 Å². The molecule has 50 heavy (non-hydrogen) atoms. The molecule has 4 aliphatic rings. The molecular formula is C46H43BO2S. The number of ether oxygens (including phenoxy) is 2. The maximum absolute atomic E-state index is 6.82. The third-order valence-electron chi connectivity index (χ3n) is 12.4. The van der Waals surface area contributed by atoms with E-state index in [9.17, 15) is 0 Å².